The smallest absolute Gasteiger partial charge is 0.305 e. The number of hydrogen-bond donors (Lipinski definition) is 1. The molecule has 1 aliphatic rings. The van der Waals surface area contributed by atoms with Gasteiger partial charge in [-0.15, -0.1) is 0 Å². The van der Waals surface area contributed by atoms with Crippen LogP contribution in [-0.4, -0.2) is 34.5 Å². The van der Waals surface area contributed by atoms with Crippen molar-refractivity contribution < 1.29 is 23.5 Å². The first kappa shape index (κ1) is 14.7. The minimum atomic E-state index is -1.16. The van der Waals surface area contributed by atoms with Crippen molar-refractivity contribution in [3.63, 3.8) is 0 Å². The van der Waals surface area contributed by atoms with Crippen LogP contribution in [-0.2, 0) is 4.79 Å². The summed E-state index contributed by atoms with van der Waals surface area (Å²) in [6.45, 7) is 0.0220. The lowest BCUT2D eigenvalue weighted by molar-refractivity contribution is -0.137. The first-order chi connectivity index (χ1) is 9.40. The van der Waals surface area contributed by atoms with Gasteiger partial charge in [0.05, 0.1) is 17.0 Å². The van der Waals surface area contributed by atoms with Crippen LogP contribution in [0.3, 0.4) is 0 Å². The number of carboxylic acids is 1. The molecular weight excluding hydrogens is 292 g/mol. The highest BCUT2D eigenvalue weighted by molar-refractivity contribution is 6.33. The number of rotatable bonds is 5. The summed E-state index contributed by atoms with van der Waals surface area (Å²) in [4.78, 5) is 24.2. The molecule has 1 N–H and O–H groups in total. The highest BCUT2D eigenvalue weighted by Gasteiger charge is 2.34. The number of hydrogen-bond acceptors (Lipinski definition) is 2. The molecule has 0 bridgehead atoms. The molecule has 2 rings (SSSR count). The Hall–Kier alpha value is -1.69. The van der Waals surface area contributed by atoms with E-state index in [-0.39, 0.29) is 29.6 Å². The highest BCUT2D eigenvalue weighted by Crippen LogP contribution is 2.30. The Morgan fingerprint density at radius 1 is 1.30 bits per heavy atom. The molecule has 0 spiro atoms. The van der Waals surface area contributed by atoms with Crippen LogP contribution in [0.1, 0.15) is 29.6 Å². The van der Waals surface area contributed by atoms with Gasteiger partial charge < -0.3 is 10.0 Å². The van der Waals surface area contributed by atoms with Crippen molar-refractivity contribution in [2.45, 2.75) is 25.3 Å². The zero-order valence-electron chi connectivity index (χ0n) is 10.4. The van der Waals surface area contributed by atoms with Crippen molar-refractivity contribution in [1.82, 2.24) is 4.90 Å². The molecule has 1 saturated carbocycles. The summed E-state index contributed by atoms with van der Waals surface area (Å²) in [7, 11) is 0. The summed E-state index contributed by atoms with van der Waals surface area (Å²) in [5.41, 5.74) is -0.150. The molecule has 0 heterocycles. The van der Waals surface area contributed by atoms with Gasteiger partial charge in [-0.25, -0.2) is 8.78 Å². The van der Waals surface area contributed by atoms with Crippen LogP contribution in [0, 0.1) is 11.6 Å². The lowest BCUT2D eigenvalue weighted by Crippen LogP contribution is -2.35. The minimum absolute atomic E-state index is 0.0220. The van der Waals surface area contributed by atoms with Gasteiger partial charge in [0.2, 0.25) is 0 Å². The Morgan fingerprint density at radius 3 is 2.45 bits per heavy atom. The second kappa shape index (κ2) is 5.75. The molecule has 108 valence electrons. The van der Waals surface area contributed by atoms with Gasteiger partial charge in [0.15, 0.2) is 11.6 Å². The quantitative estimate of drug-likeness (QED) is 0.851. The normalized spacial score (nSPS) is 14.2. The molecule has 1 aromatic rings. The van der Waals surface area contributed by atoms with Gasteiger partial charge in [-0.1, -0.05) is 11.6 Å². The maximum atomic E-state index is 13.2. The van der Waals surface area contributed by atoms with E-state index in [0.29, 0.717) is 0 Å². The summed E-state index contributed by atoms with van der Waals surface area (Å²) in [5.74, 6) is -3.89. The molecule has 0 atom stereocenters. The van der Waals surface area contributed by atoms with E-state index in [1.54, 1.807) is 0 Å². The molecule has 20 heavy (non-hydrogen) atoms. The Labute approximate surface area is 118 Å². The fraction of sp³-hybridized carbons (Fsp3) is 0.385. The SMILES string of the molecule is O=C(O)CCN(C(=O)c1cc(F)c(F)cc1Cl)C1CC1. The molecule has 4 nitrogen and oxygen atoms in total. The van der Waals surface area contributed by atoms with Crippen LogP contribution < -0.4 is 0 Å². The standard InChI is InChI=1S/C13H12ClF2NO3/c14-9-6-11(16)10(15)5-8(9)13(20)17(7-1-2-7)4-3-12(18)19/h5-7H,1-4H2,(H,18,19). The number of amides is 1. The van der Waals surface area contributed by atoms with Gasteiger partial charge in [0.1, 0.15) is 0 Å². The first-order valence-electron chi connectivity index (χ1n) is 6.07. The number of aliphatic carboxylic acids is 1. The van der Waals surface area contributed by atoms with Gasteiger partial charge >= 0.3 is 5.97 Å². The lowest BCUT2D eigenvalue weighted by atomic mass is 10.1. The van der Waals surface area contributed by atoms with Crippen molar-refractivity contribution in [2.75, 3.05) is 6.54 Å². The van der Waals surface area contributed by atoms with Crippen LogP contribution in [0.5, 0.6) is 0 Å². The molecule has 1 aromatic carbocycles. The summed E-state index contributed by atoms with van der Waals surface area (Å²) >= 11 is 5.76. The van der Waals surface area contributed by atoms with Gasteiger partial charge in [-0.2, -0.15) is 0 Å². The minimum Gasteiger partial charge on any atom is -0.481 e. The van der Waals surface area contributed by atoms with Crippen LogP contribution in [0.25, 0.3) is 0 Å². The Morgan fingerprint density at radius 2 is 1.90 bits per heavy atom. The molecular formula is C13H12ClF2NO3. The van der Waals surface area contributed by atoms with E-state index in [1.807, 2.05) is 0 Å². The van der Waals surface area contributed by atoms with E-state index in [4.69, 9.17) is 16.7 Å². The second-order valence-electron chi connectivity index (χ2n) is 4.62. The maximum Gasteiger partial charge on any atom is 0.305 e. The predicted octanol–water partition coefficient (Wildman–Crippen LogP) is 2.70. The number of carboxylic acid groups (broad SMARTS) is 1. The molecule has 0 aromatic heterocycles. The molecule has 0 saturated heterocycles. The van der Waals surface area contributed by atoms with E-state index in [1.165, 1.54) is 4.90 Å². The van der Waals surface area contributed by atoms with Crippen molar-refractivity contribution in [3.8, 4) is 0 Å². The Balaban J connectivity index is 2.23. The zero-order chi connectivity index (χ0) is 14.9. The fourth-order valence-electron chi connectivity index (χ4n) is 1.89. The van der Waals surface area contributed by atoms with E-state index in [9.17, 15) is 18.4 Å². The summed E-state index contributed by atoms with van der Waals surface area (Å²) in [5, 5.41) is 8.49. The monoisotopic (exact) mass is 303 g/mol. The second-order valence-corrected chi connectivity index (χ2v) is 5.03. The van der Waals surface area contributed by atoms with E-state index in [0.717, 1.165) is 25.0 Å². The van der Waals surface area contributed by atoms with Crippen LogP contribution in [0.15, 0.2) is 12.1 Å². The van der Waals surface area contributed by atoms with E-state index in [2.05, 4.69) is 0 Å². The third kappa shape index (κ3) is 3.25. The topological polar surface area (TPSA) is 57.6 Å². The van der Waals surface area contributed by atoms with Gasteiger partial charge in [0.25, 0.3) is 5.91 Å². The van der Waals surface area contributed by atoms with E-state index >= 15 is 0 Å². The zero-order valence-corrected chi connectivity index (χ0v) is 11.2. The number of nitrogens with zero attached hydrogens (tertiary/aromatic N) is 1. The van der Waals surface area contributed by atoms with Crippen molar-refractivity contribution in [2.24, 2.45) is 0 Å². The average Bonchev–Trinajstić information content (AvgIpc) is 3.18. The van der Waals surface area contributed by atoms with Crippen molar-refractivity contribution in [1.29, 1.82) is 0 Å². The number of halogens is 3. The third-order valence-electron chi connectivity index (χ3n) is 3.06. The van der Waals surface area contributed by atoms with Gasteiger partial charge in [-0.05, 0) is 25.0 Å². The molecule has 1 amide bonds. The van der Waals surface area contributed by atoms with Gasteiger partial charge in [0, 0.05) is 12.6 Å². The van der Waals surface area contributed by atoms with Crippen molar-refractivity contribution in [3.05, 3.63) is 34.4 Å². The first-order valence-corrected chi connectivity index (χ1v) is 6.45. The third-order valence-corrected chi connectivity index (χ3v) is 3.37. The maximum absolute atomic E-state index is 13.2. The fourth-order valence-corrected chi connectivity index (χ4v) is 2.12. The molecule has 0 aliphatic heterocycles. The average molecular weight is 304 g/mol. The summed E-state index contributed by atoms with van der Waals surface area (Å²) in [6.07, 6.45) is 1.34. The number of benzene rings is 1. The molecule has 7 heteroatoms. The molecule has 1 fully saturated rings. The summed E-state index contributed by atoms with van der Waals surface area (Å²) in [6, 6.07) is 1.44. The van der Waals surface area contributed by atoms with Gasteiger partial charge in [-0.3, -0.25) is 9.59 Å². The Bertz CT molecular complexity index is 561. The molecule has 1 aliphatic carbocycles. The number of carbonyl (C=O) groups is 2. The largest absolute Gasteiger partial charge is 0.481 e. The molecule has 0 unspecified atom stereocenters. The lowest BCUT2D eigenvalue weighted by Gasteiger charge is -2.22. The highest BCUT2D eigenvalue weighted by atomic mass is 35.5. The van der Waals surface area contributed by atoms with E-state index < -0.39 is 23.5 Å². The van der Waals surface area contributed by atoms with Crippen LogP contribution >= 0.6 is 11.6 Å². The number of carbonyl (C=O) groups excluding carboxylic acids is 1. The van der Waals surface area contributed by atoms with Crippen LogP contribution in [0.2, 0.25) is 5.02 Å². The molecule has 0 radical (unpaired) electrons. The Kier molecular flexibility index (Phi) is 4.23. The van der Waals surface area contributed by atoms with Crippen LogP contribution in [0.4, 0.5) is 8.78 Å². The predicted molar refractivity (Wildman–Crippen MR) is 67.7 cm³/mol. The summed E-state index contributed by atoms with van der Waals surface area (Å²) < 4.78 is 26.2. The van der Waals surface area contributed by atoms with Crippen molar-refractivity contribution >= 4 is 23.5 Å².